The molecule has 0 aliphatic heterocycles. The molecule has 0 radical (unpaired) electrons. The van der Waals surface area contributed by atoms with Crippen molar-refractivity contribution < 1.29 is 0 Å². The van der Waals surface area contributed by atoms with E-state index in [1.807, 2.05) is 0 Å². The molecule has 0 aliphatic rings. The summed E-state index contributed by atoms with van der Waals surface area (Å²) in [7, 11) is 0. The second-order valence-electron chi connectivity index (χ2n) is 13.6. The molecule has 11 rings (SSSR count). The topological polar surface area (TPSA) is 22.8 Å². The third kappa shape index (κ3) is 4.30. The first-order chi connectivity index (χ1) is 25.8. The van der Waals surface area contributed by atoms with Crippen LogP contribution >= 0.6 is 0 Å². The van der Waals surface area contributed by atoms with Crippen molar-refractivity contribution in [2.45, 2.75) is 0 Å². The number of rotatable bonds is 4. The van der Waals surface area contributed by atoms with E-state index in [9.17, 15) is 0 Å². The minimum absolute atomic E-state index is 1.00. The molecule has 0 atom stereocenters. The summed E-state index contributed by atoms with van der Waals surface area (Å²) in [4.78, 5) is 5.25. The summed E-state index contributed by atoms with van der Waals surface area (Å²) in [5.41, 5.74) is 12.5. The second kappa shape index (κ2) is 11.3. The molecule has 3 heteroatoms. The quantitative estimate of drug-likeness (QED) is 0.172. The van der Waals surface area contributed by atoms with E-state index in [0.29, 0.717) is 0 Å². The van der Waals surface area contributed by atoms with Crippen molar-refractivity contribution in [2.75, 3.05) is 0 Å². The van der Waals surface area contributed by atoms with Gasteiger partial charge in [0.1, 0.15) is 0 Å². The maximum absolute atomic E-state index is 5.25. The lowest BCUT2D eigenvalue weighted by Crippen LogP contribution is -1.96. The summed E-state index contributed by atoms with van der Waals surface area (Å²) in [6.45, 7) is 0. The Morgan fingerprint density at radius 1 is 0.288 bits per heavy atom. The van der Waals surface area contributed by atoms with Crippen LogP contribution in [0, 0.1) is 0 Å². The molecule has 0 saturated heterocycles. The van der Waals surface area contributed by atoms with Crippen molar-refractivity contribution in [2.24, 2.45) is 0 Å². The lowest BCUT2D eigenvalue weighted by molar-refractivity contribution is 1.17. The summed E-state index contributed by atoms with van der Waals surface area (Å²) < 4.78 is 4.81. The minimum atomic E-state index is 1.00. The van der Waals surface area contributed by atoms with Gasteiger partial charge in [-0.3, -0.25) is 0 Å². The summed E-state index contributed by atoms with van der Waals surface area (Å²) in [5, 5.41) is 8.54. The van der Waals surface area contributed by atoms with Crippen LogP contribution in [0.1, 0.15) is 0 Å². The van der Waals surface area contributed by atoms with Gasteiger partial charge in [0, 0.05) is 49.3 Å². The van der Waals surface area contributed by atoms with Crippen LogP contribution in [0.4, 0.5) is 0 Å². The van der Waals surface area contributed by atoms with Crippen LogP contribution in [0.15, 0.2) is 188 Å². The van der Waals surface area contributed by atoms with Crippen LogP contribution in [0.25, 0.3) is 99.0 Å². The third-order valence-corrected chi connectivity index (χ3v) is 10.7. The van der Waals surface area contributed by atoms with Crippen LogP contribution in [0.3, 0.4) is 0 Å². The van der Waals surface area contributed by atoms with E-state index >= 15 is 0 Å². The number of hydrogen-bond donors (Lipinski definition) is 0. The molecule has 0 spiro atoms. The molecular weight excluding hydrogens is 631 g/mol. The molecule has 0 fully saturated rings. The summed E-state index contributed by atoms with van der Waals surface area (Å²) in [6, 6.07) is 67.9. The van der Waals surface area contributed by atoms with Gasteiger partial charge in [-0.15, -0.1) is 0 Å². The molecule has 0 unspecified atom stereocenters. The standard InChI is InChI=1S/C49H31N3/c1-2-14-32(15-3-1)49-43-31-48-42(30-41(43)37-20-4-8-24-44(37)50-49)40-23-7-11-27-47(40)52(48)36-19-13-17-34(29-36)33-16-12-18-35(28-33)51-45-25-9-5-21-38(45)39-22-6-10-26-46(39)51/h1-31H. The molecule has 3 heterocycles. The van der Waals surface area contributed by atoms with Gasteiger partial charge < -0.3 is 9.13 Å². The van der Waals surface area contributed by atoms with Gasteiger partial charge in [-0.05, 0) is 77.2 Å². The summed E-state index contributed by atoms with van der Waals surface area (Å²) >= 11 is 0. The van der Waals surface area contributed by atoms with Crippen LogP contribution < -0.4 is 0 Å². The first-order valence-electron chi connectivity index (χ1n) is 17.8. The Balaban J connectivity index is 1.13. The highest BCUT2D eigenvalue weighted by molar-refractivity contribution is 6.20. The second-order valence-corrected chi connectivity index (χ2v) is 13.6. The Morgan fingerprint density at radius 2 is 0.769 bits per heavy atom. The molecular formula is C49H31N3. The minimum Gasteiger partial charge on any atom is -0.309 e. The third-order valence-electron chi connectivity index (χ3n) is 10.7. The fourth-order valence-corrected chi connectivity index (χ4v) is 8.36. The van der Waals surface area contributed by atoms with Gasteiger partial charge in [-0.2, -0.15) is 0 Å². The van der Waals surface area contributed by atoms with Crippen molar-refractivity contribution >= 4 is 65.3 Å². The predicted octanol–water partition coefficient (Wildman–Crippen LogP) is 12.9. The number of fused-ring (bicyclic) bond motifs is 9. The Morgan fingerprint density at radius 3 is 1.38 bits per heavy atom. The fourth-order valence-electron chi connectivity index (χ4n) is 8.36. The number of aromatic nitrogens is 3. The van der Waals surface area contributed by atoms with Crippen LogP contribution in [0.2, 0.25) is 0 Å². The number of hydrogen-bond acceptors (Lipinski definition) is 1. The van der Waals surface area contributed by atoms with Crippen LogP contribution in [-0.4, -0.2) is 14.1 Å². The number of nitrogens with zero attached hydrogens (tertiary/aromatic N) is 3. The molecule has 0 N–H and O–H groups in total. The van der Waals surface area contributed by atoms with Gasteiger partial charge in [-0.1, -0.05) is 127 Å². The maximum Gasteiger partial charge on any atom is 0.0788 e. The lowest BCUT2D eigenvalue weighted by atomic mass is 9.98. The van der Waals surface area contributed by atoms with Gasteiger partial charge in [0.05, 0.1) is 33.3 Å². The molecule has 0 amide bonds. The zero-order chi connectivity index (χ0) is 34.2. The average molecular weight is 662 g/mol. The van der Waals surface area contributed by atoms with E-state index in [1.165, 1.54) is 65.5 Å². The van der Waals surface area contributed by atoms with Gasteiger partial charge in [-0.25, -0.2) is 4.98 Å². The lowest BCUT2D eigenvalue weighted by Gasteiger charge is -2.14. The van der Waals surface area contributed by atoms with E-state index in [1.54, 1.807) is 0 Å². The van der Waals surface area contributed by atoms with Gasteiger partial charge >= 0.3 is 0 Å². The fraction of sp³-hybridized carbons (Fsp3) is 0. The van der Waals surface area contributed by atoms with E-state index in [0.717, 1.165) is 33.5 Å². The van der Waals surface area contributed by atoms with Gasteiger partial charge in [0.15, 0.2) is 0 Å². The number of para-hydroxylation sites is 4. The molecule has 3 aromatic heterocycles. The van der Waals surface area contributed by atoms with Crippen LogP contribution in [-0.2, 0) is 0 Å². The summed E-state index contributed by atoms with van der Waals surface area (Å²) in [6.07, 6.45) is 0. The first-order valence-corrected chi connectivity index (χ1v) is 17.8. The van der Waals surface area contributed by atoms with E-state index in [4.69, 9.17) is 4.98 Å². The Labute approximate surface area is 300 Å². The molecule has 52 heavy (non-hydrogen) atoms. The number of pyridine rings is 1. The van der Waals surface area contributed by atoms with Crippen molar-refractivity contribution in [1.29, 1.82) is 0 Å². The average Bonchev–Trinajstić information content (AvgIpc) is 3.73. The molecule has 11 aromatic rings. The van der Waals surface area contributed by atoms with Crippen molar-refractivity contribution in [3.8, 4) is 33.8 Å². The predicted molar refractivity (Wildman–Crippen MR) is 219 cm³/mol. The van der Waals surface area contributed by atoms with E-state index in [2.05, 4.69) is 197 Å². The molecule has 3 nitrogen and oxygen atoms in total. The highest BCUT2D eigenvalue weighted by atomic mass is 15.0. The molecule has 8 aromatic carbocycles. The maximum atomic E-state index is 5.25. The van der Waals surface area contributed by atoms with Gasteiger partial charge in [0.25, 0.3) is 0 Å². The zero-order valence-corrected chi connectivity index (χ0v) is 28.2. The molecule has 0 aliphatic carbocycles. The SMILES string of the molecule is c1ccc(-c2nc3ccccc3c3cc4c5ccccc5n(-c5cccc(-c6cccc(-n7c8ccccc8c8ccccc87)c6)c5)c4cc23)cc1. The van der Waals surface area contributed by atoms with Crippen molar-refractivity contribution in [3.05, 3.63) is 188 Å². The van der Waals surface area contributed by atoms with E-state index in [-0.39, 0.29) is 0 Å². The Bertz CT molecular complexity index is 3130. The Hall–Kier alpha value is -6.97. The smallest absolute Gasteiger partial charge is 0.0788 e. The zero-order valence-electron chi connectivity index (χ0n) is 28.2. The monoisotopic (exact) mass is 661 g/mol. The molecule has 0 bridgehead atoms. The van der Waals surface area contributed by atoms with Gasteiger partial charge in [0.2, 0.25) is 0 Å². The molecule has 242 valence electrons. The number of benzene rings is 8. The Kier molecular flexibility index (Phi) is 6.25. The molecule has 0 saturated carbocycles. The van der Waals surface area contributed by atoms with Crippen molar-refractivity contribution in [1.82, 2.24) is 14.1 Å². The van der Waals surface area contributed by atoms with Crippen molar-refractivity contribution in [3.63, 3.8) is 0 Å². The summed E-state index contributed by atoms with van der Waals surface area (Å²) in [5.74, 6) is 0. The first kappa shape index (κ1) is 28.8. The largest absolute Gasteiger partial charge is 0.309 e. The normalized spacial score (nSPS) is 11.8. The highest BCUT2D eigenvalue weighted by Crippen LogP contribution is 2.40. The van der Waals surface area contributed by atoms with E-state index < -0.39 is 0 Å². The van der Waals surface area contributed by atoms with Crippen LogP contribution in [0.5, 0.6) is 0 Å². The highest BCUT2D eigenvalue weighted by Gasteiger charge is 2.18.